The quantitative estimate of drug-likeness (QED) is 0.632. The van der Waals surface area contributed by atoms with E-state index in [-0.39, 0.29) is 11.3 Å². The van der Waals surface area contributed by atoms with Gasteiger partial charge in [0.25, 0.3) is 0 Å². The molecule has 0 unspecified atom stereocenters. The van der Waals surface area contributed by atoms with Gasteiger partial charge in [0, 0.05) is 36.0 Å². The minimum absolute atomic E-state index is 0.00938. The number of aromatic nitrogens is 2. The van der Waals surface area contributed by atoms with Crippen LogP contribution in [0.5, 0.6) is 0 Å². The summed E-state index contributed by atoms with van der Waals surface area (Å²) in [6.45, 7) is 7.14. The van der Waals surface area contributed by atoms with Gasteiger partial charge in [0.15, 0.2) is 0 Å². The van der Waals surface area contributed by atoms with Crippen molar-refractivity contribution >= 4 is 22.5 Å². The maximum absolute atomic E-state index is 7.33. The average molecular weight is 267 g/mol. The number of amidine groups is 1. The average Bonchev–Trinajstić information content (AvgIpc) is 2.93. The Balaban J connectivity index is 2.10. The third-order valence-electron chi connectivity index (χ3n) is 2.94. The molecule has 2 rings (SSSR count). The molecule has 5 nitrogen and oxygen atoms in total. The number of rotatable bonds is 5. The first kappa shape index (κ1) is 13.3. The number of anilines is 1. The third-order valence-corrected chi connectivity index (χ3v) is 3.69. The minimum Gasteiger partial charge on any atom is -0.388 e. The van der Waals surface area contributed by atoms with E-state index in [1.807, 2.05) is 0 Å². The van der Waals surface area contributed by atoms with Crippen LogP contribution in [-0.4, -0.2) is 27.8 Å². The molecule has 1 heterocycles. The van der Waals surface area contributed by atoms with Gasteiger partial charge in [0.05, 0.1) is 5.84 Å². The molecule has 100 valence electrons. The van der Waals surface area contributed by atoms with Gasteiger partial charge in [0.1, 0.15) is 5.82 Å². The van der Waals surface area contributed by atoms with E-state index in [2.05, 4.69) is 35.0 Å². The molecule has 18 heavy (non-hydrogen) atoms. The number of hydrogen-bond acceptors (Lipinski definition) is 5. The highest BCUT2D eigenvalue weighted by Gasteiger charge is 2.32. The van der Waals surface area contributed by atoms with Crippen molar-refractivity contribution in [2.24, 2.45) is 5.73 Å². The van der Waals surface area contributed by atoms with Crippen molar-refractivity contribution in [3.05, 3.63) is 5.82 Å². The number of nitrogens with two attached hydrogens (primary N) is 1. The molecule has 0 saturated heterocycles. The van der Waals surface area contributed by atoms with Crippen LogP contribution in [0.25, 0.3) is 0 Å². The topological polar surface area (TPSA) is 78.9 Å². The number of hydrogen-bond donors (Lipinski definition) is 2. The molecular weight excluding hydrogens is 246 g/mol. The highest BCUT2D eigenvalue weighted by atomic mass is 32.1. The summed E-state index contributed by atoms with van der Waals surface area (Å²) in [6, 6.07) is 0.574. The van der Waals surface area contributed by atoms with Crippen molar-refractivity contribution in [2.75, 3.05) is 11.4 Å². The fourth-order valence-corrected chi connectivity index (χ4v) is 2.65. The Morgan fingerprint density at radius 1 is 1.50 bits per heavy atom. The highest BCUT2D eigenvalue weighted by Crippen LogP contribution is 2.34. The lowest BCUT2D eigenvalue weighted by Gasteiger charge is -2.20. The predicted molar refractivity (Wildman–Crippen MR) is 75.5 cm³/mol. The molecular formula is C12H21N5S. The zero-order valence-electron chi connectivity index (χ0n) is 11.2. The van der Waals surface area contributed by atoms with Gasteiger partial charge >= 0.3 is 0 Å². The predicted octanol–water partition coefficient (Wildman–Crippen LogP) is 2.13. The van der Waals surface area contributed by atoms with Crippen molar-refractivity contribution < 1.29 is 0 Å². The Hall–Kier alpha value is -1.17. The van der Waals surface area contributed by atoms with E-state index in [1.54, 1.807) is 0 Å². The van der Waals surface area contributed by atoms with Crippen LogP contribution < -0.4 is 10.6 Å². The first-order valence-electron chi connectivity index (χ1n) is 6.31. The van der Waals surface area contributed by atoms with Crippen molar-refractivity contribution in [3.63, 3.8) is 0 Å². The highest BCUT2D eigenvalue weighted by molar-refractivity contribution is 7.09. The van der Waals surface area contributed by atoms with Crippen molar-refractivity contribution in [3.8, 4) is 0 Å². The normalized spacial score (nSPS) is 15.7. The fourth-order valence-electron chi connectivity index (χ4n) is 1.70. The standard InChI is InChI=1S/C12H21N5S/c1-12(2,3)10-15-11(18-16-10)17(8-4-5-8)7-6-9(13)14/h8H,4-7H2,1-3H3,(H3,13,14). The molecule has 0 amide bonds. The van der Waals surface area contributed by atoms with Gasteiger partial charge in [-0.15, -0.1) is 0 Å². The summed E-state index contributed by atoms with van der Waals surface area (Å²) in [5.41, 5.74) is 5.43. The zero-order valence-corrected chi connectivity index (χ0v) is 12.0. The summed E-state index contributed by atoms with van der Waals surface area (Å²) >= 11 is 1.46. The van der Waals surface area contributed by atoms with Crippen LogP contribution in [0.1, 0.15) is 45.9 Å². The van der Waals surface area contributed by atoms with Crippen LogP contribution in [0.2, 0.25) is 0 Å². The van der Waals surface area contributed by atoms with Crippen molar-refractivity contribution in [1.82, 2.24) is 9.36 Å². The molecule has 0 radical (unpaired) electrons. The Morgan fingerprint density at radius 2 is 2.17 bits per heavy atom. The molecule has 6 heteroatoms. The third kappa shape index (κ3) is 3.19. The molecule has 0 aromatic carbocycles. The van der Waals surface area contributed by atoms with E-state index in [4.69, 9.17) is 11.1 Å². The van der Waals surface area contributed by atoms with Gasteiger partial charge in [-0.3, -0.25) is 5.41 Å². The summed E-state index contributed by atoms with van der Waals surface area (Å²) in [4.78, 5) is 6.90. The Kier molecular flexibility index (Phi) is 3.56. The Labute approximate surface area is 112 Å². The summed E-state index contributed by atoms with van der Waals surface area (Å²) in [7, 11) is 0. The minimum atomic E-state index is -0.00938. The van der Waals surface area contributed by atoms with E-state index in [0.717, 1.165) is 17.5 Å². The molecule has 1 aliphatic carbocycles. The van der Waals surface area contributed by atoms with E-state index in [1.165, 1.54) is 24.4 Å². The number of nitrogens with zero attached hydrogens (tertiary/aromatic N) is 3. The second-order valence-electron chi connectivity index (χ2n) is 5.85. The molecule has 0 spiro atoms. The zero-order chi connectivity index (χ0) is 13.3. The van der Waals surface area contributed by atoms with Crippen molar-refractivity contribution in [2.45, 2.75) is 51.5 Å². The molecule has 0 aliphatic heterocycles. The van der Waals surface area contributed by atoms with E-state index in [9.17, 15) is 0 Å². The SMILES string of the molecule is CC(C)(C)c1nsc(N(CCC(=N)N)C2CC2)n1. The lowest BCUT2D eigenvalue weighted by atomic mass is 9.96. The van der Waals surface area contributed by atoms with Gasteiger partial charge in [-0.05, 0) is 12.8 Å². The maximum Gasteiger partial charge on any atom is 0.205 e. The molecule has 1 aromatic rings. The summed E-state index contributed by atoms with van der Waals surface area (Å²) in [5.74, 6) is 1.14. The van der Waals surface area contributed by atoms with Crippen LogP contribution in [0.15, 0.2) is 0 Å². The molecule has 1 aliphatic rings. The largest absolute Gasteiger partial charge is 0.388 e. The van der Waals surface area contributed by atoms with Gasteiger partial charge < -0.3 is 10.6 Å². The van der Waals surface area contributed by atoms with Gasteiger partial charge in [-0.1, -0.05) is 20.8 Å². The smallest absolute Gasteiger partial charge is 0.205 e. The van der Waals surface area contributed by atoms with E-state index in [0.29, 0.717) is 12.5 Å². The molecule has 0 atom stereocenters. The molecule has 3 N–H and O–H groups in total. The van der Waals surface area contributed by atoms with Crippen LogP contribution in [-0.2, 0) is 5.41 Å². The molecule has 0 bridgehead atoms. The lowest BCUT2D eigenvalue weighted by Crippen LogP contribution is -2.30. The summed E-state index contributed by atoms with van der Waals surface area (Å²) < 4.78 is 4.45. The molecule has 1 aromatic heterocycles. The monoisotopic (exact) mass is 267 g/mol. The molecule has 1 saturated carbocycles. The van der Waals surface area contributed by atoms with Gasteiger partial charge in [-0.25, -0.2) is 4.98 Å². The van der Waals surface area contributed by atoms with Crippen LogP contribution >= 0.6 is 11.5 Å². The lowest BCUT2D eigenvalue weighted by molar-refractivity contribution is 0.554. The summed E-state index contributed by atoms with van der Waals surface area (Å²) in [5, 5.41) is 8.31. The van der Waals surface area contributed by atoms with Gasteiger partial charge in [-0.2, -0.15) is 4.37 Å². The first-order chi connectivity index (χ1) is 8.38. The fraction of sp³-hybridized carbons (Fsp3) is 0.750. The van der Waals surface area contributed by atoms with Gasteiger partial charge in [0.2, 0.25) is 5.13 Å². The second kappa shape index (κ2) is 4.84. The summed E-state index contributed by atoms with van der Waals surface area (Å²) in [6.07, 6.45) is 3.02. The van der Waals surface area contributed by atoms with Crippen molar-refractivity contribution in [1.29, 1.82) is 5.41 Å². The first-order valence-corrected chi connectivity index (χ1v) is 7.09. The number of nitrogens with one attached hydrogen (secondary N) is 1. The van der Waals surface area contributed by atoms with Crippen LogP contribution in [0.4, 0.5) is 5.13 Å². The molecule has 1 fully saturated rings. The van der Waals surface area contributed by atoms with Crippen LogP contribution in [0, 0.1) is 5.41 Å². The Bertz CT molecular complexity index is 430. The Morgan fingerprint density at radius 3 is 2.61 bits per heavy atom. The van der Waals surface area contributed by atoms with Crippen LogP contribution in [0.3, 0.4) is 0 Å². The maximum atomic E-state index is 7.33. The van der Waals surface area contributed by atoms with E-state index >= 15 is 0 Å². The second-order valence-corrected chi connectivity index (χ2v) is 6.58. The van der Waals surface area contributed by atoms with E-state index < -0.39 is 0 Å².